The number of hydrogen-bond donors (Lipinski definition) is 2. The lowest BCUT2D eigenvalue weighted by Crippen LogP contribution is -2.27. The summed E-state index contributed by atoms with van der Waals surface area (Å²) < 4.78 is 0. The van der Waals surface area contributed by atoms with Gasteiger partial charge < -0.3 is 15.3 Å². The average Bonchev–Trinajstić information content (AvgIpc) is 3.09. The first kappa shape index (κ1) is 19.3. The van der Waals surface area contributed by atoms with Gasteiger partial charge in [-0.15, -0.1) is 0 Å². The van der Waals surface area contributed by atoms with Crippen LogP contribution in [0.15, 0.2) is 60.7 Å². The molecule has 0 radical (unpaired) electrons. The van der Waals surface area contributed by atoms with Crippen LogP contribution in [0.1, 0.15) is 32.6 Å². The van der Waals surface area contributed by atoms with Gasteiger partial charge >= 0.3 is 5.97 Å². The molecule has 5 nitrogen and oxygen atoms in total. The number of likely N-dealkylation sites (N-methyl/N-ethyl adjacent to an activating group) is 1. The summed E-state index contributed by atoms with van der Waals surface area (Å²) in [5.74, 6) is -1.09. The highest BCUT2D eigenvalue weighted by Gasteiger charge is 2.31. The normalized spacial score (nSPS) is 16.7. The molecule has 2 aliphatic heterocycles. The average molecular weight is 410 g/mol. The number of fused-ring (bicyclic) bond motifs is 3. The Morgan fingerprint density at radius 3 is 2.48 bits per heavy atom. The maximum atomic E-state index is 12.9. The molecule has 0 spiro atoms. The Balaban J connectivity index is 1.67. The summed E-state index contributed by atoms with van der Waals surface area (Å²) >= 11 is 0. The molecule has 0 unspecified atom stereocenters. The minimum absolute atomic E-state index is 0.127. The van der Waals surface area contributed by atoms with Crippen LogP contribution in [-0.2, 0) is 17.8 Å². The number of nitrogens with zero attached hydrogens (tertiary/aromatic N) is 1. The van der Waals surface area contributed by atoms with Crippen molar-refractivity contribution < 1.29 is 14.7 Å². The fraction of sp³-hybridized carbons (Fsp3) is 0.154. The molecule has 2 heterocycles. The lowest BCUT2D eigenvalue weighted by atomic mass is 9.86. The maximum Gasteiger partial charge on any atom is 0.335 e. The number of aromatic carboxylic acids is 1. The molecule has 0 aromatic heterocycles. The van der Waals surface area contributed by atoms with E-state index >= 15 is 0 Å². The highest BCUT2D eigenvalue weighted by atomic mass is 16.4. The van der Waals surface area contributed by atoms with Gasteiger partial charge in [-0.2, -0.15) is 0 Å². The highest BCUT2D eigenvalue weighted by molar-refractivity contribution is 6.35. The SMILES string of the molecule is CN1CCc2c(-c3ccccc3)cc3c(c2C1)NC(=O)/C3=C/c1ccc(C(=O)O)cc1. The van der Waals surface area contributed by atoms with Gasteiger partial charge in [-0.25, -0.2) is 4.79 Å². The molecule has 5 heteroatoms. The Kier molecular flexibility index (Phi) is 4.68. The summed E-state index contributed by atoms with van der Waals surface area (Å²) in [6.07, 6.45) is 2.77. The fourth-order valence-corrected chi connectivity index (χ4v) is 4.46. The van der Waals surface area contributed by atoms with E-state index in [-0.39, 0.29) is 11.5 Å². The van der Waals surface area contributed by atoms with Gasteiger partial charge in [-0.05, 0) is 65.6 Å². The van der Waals surface area contributed by atoms with Crippen molar-refractivity contribution >= 4 is 29.2 Å². The van der Waals surface area contributed by atoms with Crippen LogP contribution in [-0.4, -0.2) is 35.5 Å². The standard InChI is InChI=1S/C26H22N2O3/c1-28-12-11-19-20(17-5-3-2-4-6-17)14-21-22(25(29)27-24(21)23(19)15-28)13-16-7-9-18(10-8-16)26(30)31/h2-10,13-14H,11-12,15H2,1H3,(H,27,29)(H,30,31)/b22-13+. The van der Waals surface area contributed by atoms with Gasteiger partial charge in [0.25, 0.3) is 5.91 Å². The first-order valence-electron chi connectivity index (χ1n) is 10.3. The van der Waals surface area contributed by atoms with E-state index in [0.717, 1.165) is 41.9 Å². The molecular formula is C26H22N2O3. The van der Waals surface area contributed by atoms with Crippen molar-refractivity contribution in [2.45, 2.75) is 13.0 Å². The van der Waals surface area contributed by atoms with E-state index in [1.54, 1.807) is 24.3 Å². The Bertz CT molecular complexity index is 1230. The fourth-order valence-electron chi connectivity index (χ4n) is 4.46. The molecule has 1 amide bonds. The second-order valence-electron chi connectivity index (χ2n) is 8.10. The number of nitrogens with one attached hydrogen (secondary N) is 1. The van der Waals surface area contributed by atoms with Crippen LogP contribution in [0.25, 0.3) is 22.8 Å². The Hall–Kier alpha value is -3.70. The second-order valence-corrected chi connectivity index (χ2v) is 8.10. The van der Waals surface area contributed by atoms with Gasteiger partial charge in [0.2, 0.25) is 0 Å². The zero-order chi connectivity index (χ0) is 21.5. The smallest absolute Gasteiger partial charge is 0.335 e. The Labute approximate surface area is 180 Å². The first-order chi connectivity index (χ1) is 15.0. The van der Waals surface area contributed by atoms with Gasteiger partial charge in [0.1, 0.15) is 0 Å². The van der Waals surface area contributed by atoms with Gasteiger partial charge in [0.15, 0.2) is 0 Å². The van der Waals surface area contributed by atoms with Crippen LogP contribution in [0.2, 0.25) is 0 Å². The van der Waals surface area contributed by atoms with Gasteiger partial charge in [-0.3, -0.25) is 4.79 Å². The second kappa shape index (κ2) is 7.52. The number of hydrogen-bond acceptors (Lipinski definition) is 3. The monoisotopic (exact) mass is 410 g/mol. The van der Waals surface area contributed by atoms with E-state index in [9.17, 15) is 9.59 Å². The number of carbonyl (C=O) groups is 2. The van der Waals surface area contributed by atoms with E-state index in [2.05, 4.69) is 35.5 Å². The molecule has 0 atom stereocenters. The summed E-state index contributed by atoms with van der Waals surface area (Å²) in [6.45, 7) is 1.78. The molecule has 2 N–H and O–H groups in total. The van der Waals surface area contributed by atoms with E-state index in [4.69, 9.17) is 5.11 Å². The molecule has 0 fully saturated rings. The first-order valence-corrected chi connectivity index (χ1v) is 10.3. The van der Waals surface area contributed by atoms with Gasteiger partial charge in [0, 0.05) is 24.2 Å². The van der Waals surface area contributed by atoms with Gasteiger partial charge in [-0.1, -0.05) is 42.5 Å². The van der Waals surface area contributed by atoms with Crippen LogP contribution in [0.3, 0.4) is 0 Å². The quantitative estimate of drug-likeness (QED) is 0.623. The summed E-state index contributed by atoms with van der Waals surface area (Å²) in [4.78, 5) is 26.3. The van der Waals surface area contributed by atoms with Crippen LogP contribution in [0.5, 0.6) is 0 Å². The summed E-state index contributed by atoms with van der Waals surface area (Å²) in [5, 5.41) is 12.2. The topological polar surface area (TPSA) is 69.6 Å². The lowest BCUT2D eigenvalue weighted by molar-refractivity contribution is -0.110. The zero-order valence-corrected chi connectivity index (χ0v) is 17.2. The number of amides is 1. The molecule has 154 valence electrons. The minimum Gasteiger partial charge on any atom is -0.478 e. The maximum absolute atomic E-state index is 12.9. The number of carbonyl (C=O) groups excluding carboxylic acids is 1. The molecule has 3 aromatic rings. The van der Waals surface area contributed by atoms with E-state index in [0.29, 0.717) is 5.57 Å². The van der Waals surface area contributed by atoms with Crippen molar-refractivity contribution in [1.82, 2.24) is 4.90 Å². The number of anilines is 1. The number of rotatable bonds is 3. The molecule has 0 bridgehead atoms. The largest absolute Gasteiger partial charge is 0.478 e. The molecule has 0 saturated heterocycles. The third kappa shape index (κ3) is 3.43. The summed E-state index contributed by atoms with van der Waals surface area (Å²) in [5.41, 5.74) is 8.23. The van der Waals surface area contributed by atoms with Crippen molar-refractivity contribution in [3.05, 3.63) is 88.5 Å². The molecule has 5 rings (SSSR count). The summed E-state index contributed by atoms with van der Waals surface area (Å²) in [6, 6.07) is 19.0. The third-order valence-corrected chi connectivity index (χ3v) is 6.05. The van der Waals surface area contributed by atoms with Crippen molar-refractivity contribution in [3.63, 3.8) is 0 Å². The molecule has 3 aromatic carbocycles. The van der Waals surface area contributed by atoms with Crippen molar-refractivity contribution in [1.29, 1.82) is 0 Å². The van der Waals surface area contributed by atoms with Crippen LogP contribution in [0.4, 0.5) is 5.69 Å². The van der Waals surface area contributed by atoms with Crippen molar-refractivity contribution in [3.8, 4) is 11.1 Å². The molecule has 0 aliphatic carbocycles. The minimum atomic E-state index is -0.966. The van der Waals surface area contributed by atoms with E-state index in [1.807, 2.05) is 24.3 Å². The van der Waals surface area contributed by atoms with E-state index in [1.165, 1.54) is 16.7 Å². The van der Waals surface area contributed by atoms with Crippen LogP contribution < -0.4 is 5.32 Å². The molecule has 2 aliphatic rings. The third-order valence-electron chi connectivity index (χ3n) is 6.05. The predicted octanol–water partition coefficient (Wildman–Crippen LogP) is 4.53. The highest BCUT2D eigenvalue weighted by Crippen LogP contribution is 2.43. The molecule has 31 heavy (non-hydrogen) atoms. The number of carboxylic acids is 1. The predicted molar refractivity (Wildman–Crippen MR) is 122 cm³/mol. The van der Waals surface area contributed by atoms with Crippen LogP contribution >= 0.6 is 0 Å². The Morgan fingerprint density at radius 1 is 1.03 bits per heavy atom. The van der Waals surface area contributed by atoms with Gasteiger partial charge in [0.05, 0.1) is 11.3 Å². The molecular weight excluding hydrogens is 388 g/mol. The lowest BCUT2D eigenvalue weighted by Gasteiger charge is -2.29. The van der Waals surface area contributed by atoms with E-state index < -0.39 is 5.97 Å². The Morgan fingerprint density at radius 2 is 1.77 bits per heavy atom. The zero-order valence-electron chi connectivity index (χ0n) is 17.2. The molecule has 0 saturated carbocycles. The van der Waals surface area contributed by atoms with Crippen molar-refractivity contribution in [2.75, 3.05) is 18.9 Å². The number of carboxylic acid groups (broad SMARTS) is 1. The van der Waals surface area contributed by atoms with Crippen LogP contribution in [0, 0.1) is 0 Å². The summed E-state index contributed by atoms with van der Waals surface area (Å²) in [7, 11) is 2.10. The van der Waals surface area contributed by atoms with Crippen molar-refractivity contribution in [2.24, 2.45) is 0 Å². The number of benzene rings is 3.